The number of hydrogen-bond donors (Lipinski definition) is 1. The van der Waals surface area contributed by atoms with Gasteiger partial charge in [-0.05, 0) is 30.5 Å². The molecule has 5 rings (SSSR count). The summed E-state index contributed by atoms with van der Waals surface area (Å²) >= 11 is 1.50. The van der Waals surface area contributed by atoms with E-state index in [1.807, 2.05) is 0 Å². The van der Waals surface area contributed by atoms with Gasteiger partial charge in [-0.3, -0.25) is 4.79 Å². The minimum Gasteiger partial charge on any atom is -0.457 e. The van der Waals surface area contributed by atoms with Crippen LogP contribution in [-0.2, 0) is 23.7 Å². The summed E-state index contributed by atoms with van der Waals surface area (Å²) in [4.78, 5) is 21.4. The van der Waals surface area contributed by atoms with Gasteiger partial charge in [-0.25, -0.2) is 23.4 Å². The van der Waals surface area contributed by atoms with Crippen molar-refractivity contribution >= 4 is 34.7 Å². The van der Waals surface area contributed by atoms with E-state index < -0.39 is 42.1 Å². The molecule has 0 unspecified atom stereocenters. The van der Waals surface area contributed by atoms with Crippen LogP contribution in [0.2, 0.25) is 0 Å². The van der Waals surface area contributed by atoms with Gasteiger partial charge in [-0.15, -0.1) is 5.10 Å². The fourth-order valence-electron chi connectivity index (χ4n) is 4.80. The van der Waals surface area contributed by atoms with Crippen molar-refractivity contribution in [2.75, 3.05) is 31.9 Å². The quantitative estimate of drug-likeness (QED) is 0.159. The SMILES string of the molecule is CCCSc1nc(N[C@@H]2C[C@H]2c2ccc(F)c(F)c2)c2nnn([C@H]3CO[C@@H](C(OC)OC)[C@@H]3OC(C)=O)c2n1. The van der Waals surface area contributed by atoms with Crippen LogP contribution in [0.5, 0.6) is 0 Å². The van der Waals surface area contributed by atoms with E-state index in [0.717, 1.165) is 24.7 Å². The zero-order valence-electron chi connectivity index (χ0n) is 22.0. The van der Waals surface area contributed by atoms with Crippen molar-refractivity contribution in [1.29, 1.82) is 0 Å². The lowest BCUT2D eigenvalue weighted by atomic mass is 10.1. The molecule has 1 aromatic carbocycles. The summed E-state index contributed by atoms with van der Waals surface area (Å²) < 4.78 is 51.1. The smallest absolute Gasteiger partial charge is 0.303 e. The van der Waals surface area contributed by atoms with Crippen LogP contribution in [0.4, 0.5) is 14.6 Å². The van der Waals surface area contributed by atoms with E-state index in [4.69, 9.17) is 23.9 Å². The molecule has 2 aliphatic rings. The van der Waals surface area contributed by atoms with Crippen LogP contribution >= 0.6 is 11.8 Å². The number of thioether (sulfide) groups is 1. The van der Waals surface area contributed by atoms with Gasteiger partial charge in [0.2, 0.25) is 0 Å². The first-order chi connectivity index (χ1) is 18.8. The number of ether oxygens (including phenoxy) is 4. The van der Waals surface area contributed by atoms with E-state index in [-0.39, 0.29) is 18.6 Å². The van der Waals surface area contributed by atoms with Gasteiger partial charge in [0, 0.05) is 38.9 Å². The Labute approximate surface area is 227 Å². The number of nitrogens with zero attached hydrogens (tertiary/aromatic N) is 5. The molecule has 2 fully saturated rings. The number of aromatic nitrogens is 5. The Morgan fingerprint density at radius 3 is 2.74 bits per heavy atom. The van der Waals surface area contributed by atoms with Gasteiger partial charge in [0.05, 0.1) is 6.61 Å². The number of esters is 1. The Morgan fingerprint density at radius 2 is 2.05 bits per heavy atom. The highest BCUT2D eigenvalue weighted by molar-refractivity contribution is 7.99. The Morgan fingerprint density at radius 1 is 1.26 bits per heavy atom. The number of anilines is 1. The molecule has 3 aromatic rings. The van der Waals surface area contributed by atoms with Crippen LogP contribution in [0.3, 0.4) is 0 Å². The lowest BCUT2D eigenvalue weighted by molar-refractivity contribution is -0.194. The second kappa shape index (κ2) is 11.7. The highest BCUT2D eigenvalue weighted by atomic mass is 32.2. The monoisotopic (exact) mass is 564 g/mol. The molecular weight excluding hydrogens is 534 g/mol. The third kappa shape index (κ3) is 5.69. The lowest BCUT2D eigenvalue weighted by Crippen LogP contribution is -2.42. The molecule has 5 atom stereocenters. The predicted molar refractivity (Wildman–Crippen MR) is 137 cm³/mol. The summed E-state index contributed by atoms with van der Waals surface area (Å²) in [5.74, 6) is -0.920. The van der Waals surface area contributed by atoms with Crippen molar-refractivity contribution in [2.45, 2.75) is 68.3 Å². The number of fused-ring (bicyclic) bond motifs is 1. The number of methoxy groups -OCH3 is 2. The van der Waals surface area contributed by atoms with Gasteiger partial charge < -0.3 is 24.3 Å². The van der Waals surface area contributed by atoms with Crippen molar-refractivity contribution in [1.82, 2.24) is 25.0 Å². The molecule has 1 N–H and O–H groups in total. The molecule has 0 bridgehead atoms. The van der Waals surface area contributed by atoms with E-state index in [1.54, 1.807) is 10.7 Å². The zero-order chi connectivity index (χ0) is 27.7. The highest BCUT2D eigenvalue weighted by Crippen LogP contribution is 2.44. The zero-order valence-corrected chi connectivity index (χ0v) is 22.8. The van der Waals surface area contributed by atoms with E-state index in [0.29, 0.717) is 27.7 Å². The average Bonchev–Trinajstić information content (AvgIpc) is 3.37. The van der Waals surface area contributed by atoms with E-state index >= 15 is 0 Å². The molecule has 1 saturated heterocycles. The number of nitrogens with one attached hydrogen (secondary N) is 1. The topological polar surface area (TPSA) is 123 Å². The van der Waals surface area contributed by atoms with Crippen LogP contribution < -0.4 is 5.32 Å². The van der Waals surface area contributed by atoms with Crippen molar-refractivity contribution in [3.63, 3.8) is 0 Å². The number of halogens is 2. The fourth-order valence-corrected chi connectivity index (χ4v) is 5.49. The number of benzene rings is 1. The van der Waals surface area contributed by atoms with Crippen molar-refractivity contribution in [3.8, 4) is 0 Å². The summed E-state index contributed by atoms with van der Waals surface area (Å²) in [6.07, 6.45) is -0.569. The predicted octanol–water partition coefficient (Wildman–Crippen LogP) is 3.46. The van der Waals surface area contributed by atoms with E-state index in [1.165, 1.54) is 39.0 Å². The summed E-state index contributed by atoms with van der Waals surface area (Å²) in [5.41, 5.74) is 1.60. The summed E-state index contributed by atoms with van der Waals surface area (Å²) in [5, 5.41) is 12.7. The van der Waals surface area contributed by atoms with Crippen molar-refractivity contribution in [2.24, 2.45) is 0 Å². The normalized spacial score (nSPS) is 24.4. The van der Waals surface area contributed by atoms with Crippen LogP contribution in [0, 0.1) is 11.6 Å². The Bertz CT molecular complexity index is 1340. The molecule has 2 aromatic heterocycles. The summed E-state index contributed by atoms with van der Waals surface area (Å²) in [7, 11) is 2.96. The highest BCUT2D eigenvalue weighted by Gasteiger charge is 2.47. The molecule has 39 heavy (non-hydrogen) atoms. The standard InChI is InChI=1S/C25H30F2N6O5S/c1-5-8-39-25-29-22(28-17-10-14(17)13-6-7-15(26)16(27)9-13)19-23(30-25)33(32-31-19)18-11-37-21(24(35-3)36-4)20(18)38-12(2)34/h6-7,9,14,17-18,20-21,24H,5,8,10-11H2,1-4H3,(H,28,29,30)/t14-,17+,18-,20+,21+/m0/s1. The summed E-state index contributed by atoms with van der Waals surface area (Å²) in [6.45, 7) is 3.55. The first-order valence-electron chi connectivity index (χ1n) is 12.7. The third-order valence-corrected chi connectivity index (χ3v) is 7.79. The van der Waals surface area contributed by atoms with Gasteiger partial charge in [-0.1, -0.05) is 30.0 Å². The maximum atomic E-state index is 13.8. The van der Waals surface area contributed by atoms with Gasteiger partial charge in [-0.2, -0.15) is 0 Å². The van der Waals surface area contributed by atoms with Crippen molar-refractivity contribution in [3.05, 3.63) is 35.4 Å². The van der Waals surface area contributed by atoms with Gasteiger partial charge >= 0.3 is 5.97 Å². The molecule has 11 nitrogen and oxygen atoms in total. The van der Waals surface area contributed by atoms with E-state index in [2.05, 4.69) is 27.5 Å². The van der Waals surface area contributed by atoms with Crippen LogP contribution in [0.15, 0.2) is 23.4 Å². The van der Waals surface area contributed by atoms with Gasteiger partial charge in [0.1, 0.15) is 12.1 Å². The van der Waals surface area contributed by atoms with Crippen LogP contribution in [0.25, 0.3) is 11.2 Å². The van der Waals surface area contributed by atoms with Crippen LogP contribution in [-0.4, -0.2) is 82.1 Å². The third-order valence-electron chi connectivity index (χ3n) is 6.73. The first-order valence-corrected chi connectivity index (χ1v) is 13.6. The van der Waals surface area contributed by atoms with Gasteiger partial charge in [0.25, 0.3) is 0 Å². The minimum atomic E-state index is -0.872. The molecular formula is C25H30F2N6O5S. The molecule has 0 spiro atoms. The minimum absolute atomic E-state index is 0.00395. The Balaban J connectivity index is 1.47. The molecule has 3 heterocycles. The number of rotatable bonds is 11. The maximum absolute atomic E-state index is 13.8. The molecule has 14 heteroatoms. The second-order valence-corrected chi connectivity index (χ2v) is 10.5. The van der Waals surface area contributed by atoms with Crippen molar-refractivity contribution < 1.29 is 32.5 Å². The maximum Gasteiger partial charge on any atom is 0.303 e. The lowest BCUT2D eigenvalue weighted by Gasteiger charge is -2.26. The molecule has 1 aliphatic heterocycles. The number of carbonyl (C=O) groups is 1. The van der Waals surface area contributed by atoms with E-state index in [9.17, 15) is 13.6 Å². The molecule has 0 amide bonds. The number of hydrogen-bond acceptors (Lipinski definition) is 11. The average molecular weight is 565 g/mol. The fraction of sp³-hybridized carbons (Fsp3) is 0.560. The number of carbonyl (C=O) groups excluding carboxylic acids is 1. The molecule has 0 radical (unpaired) electrons. The van der Waals surface area contributed by atoms with Crippen LogP contribution in [0.1, 0.15) is 44.2 Å². The van der Waals surface area contributed by atoms with Gasteiger partial charge in [0.15, 0.2) is 46.2 Å². The molecule has 210 valence electrons. The molecule has 1 aliphatic carbocycles. The summed E-state index contributed by atoms with van der Waals surface area (Å²) in [6, 6.07) is 3.38. The Kier molecular flexibility index (Phi) is 8.26. The molecule has 1 saturated carbocycles. The second-order valence-electron chi connectivity index (χ2n) is 9.46. The largest absolute Gasteiger partial charge is 0.457 e. The Hall–Kier alpha value is -2.94. The first kappa shape index (κ1) is 27.6.